The summed E-state index contributed by atoms with van der Waals surface area (Å²) in [6, 6.07) is 7.60. The summed E-state index contributed by atoms with van der Waals surface area (Å²) in [7, 11) is 3.54. The first-order chi connectivity index (χ1) is 8.08. The Morgan fingerprint density at radius 2 is 2.29 bits per heavy atom. The second kappa shape index (κ2) is 6.26. The van der Waals surface area contributed by atoms with Crippen molar-refractivity contribution in [1.29, 1.82) is 5.26 Å². The van der Waals surface area contributed by atoms with E-state index in [9.17, 15) is 4.79 Å². The number of halogens is 1. The van der Waals surface area contributed by atoms with E-state index in [-0.39, 0.29) is 5.91 Å². The number of nitriles is 1. The van der Waals surface area contributed by atoms with Crippen LogP contribution >= 0.6 is 15.9 Å². The summed E-state index contributed by atoms with van der Waals surface area (Å²) >= 11 is 3.34. The third-order valence-corrected chi connectivity index (χ3v) is 3.12. The van der Waals surface area contributed by atoms with E-state index in [2.05, 4.69) is 27.3 Å². The largest absolute Gasteiger partial charge is 0.374 e. The van der Waals surface area contributed by atoms with Crippen molar-refractivity contribution in [1.82, 2.24) is 5.32 Å². The minimum atomic E-state index is 0.0181. The molecule has 0 aromatic heterocycles. The number of nitrogens with zero attached hydrogens (tertiary/aromatic N) is 2. The molecule has 5 heteroatoms. The van der Waals surface area contributed by atoms with E-state index in [4.69, 9.17) is 5.26 Å². The van der Waals surface area contributed by atoms with Gasteiger partial charge in [-0.25, -0.2) is 0 Å². The molecule has 1 N–H and O–H groups in total. The Morgan fingerprint density at radius 1 is 1.59 bits per heavy atom. The van der Waals surface area contributed by atoms with Crippen molar-refractivity contribution < 1.29 is 4.79 Å². The number of carbonyl (C=O) groups excluding carboxylic acids is 1. The first-order valence-electron chi connectivity index (χ1n) is 5.20. The van der Waals surface area contributed by atoms with Crippen molar-refractivity contribution >= 4 is 27.5 Å². The normalized spacial score (nSPS) is 9.53. The smallest absolute Gasteiger partial charge is 0.221 e. The molecule has 90 valence electrons. The Balaban J connectivity index is 2.70. The number of nitrogens with one attached hydrogen (secondary N) is 1. The Bertz CT molecular complexity index is 454. The van der Waals surface area contributed by atoms with E-state index in [0.717, 1.165) is 10.2 Å². The van der Waals surface area contributed by atoms with Crippen LogP contribution in [0.15, 0.2) is 22.7 Å². The Labute approximate surface area is 109 Å². The highest BCUT2D eigenvalue weighted by Crippen LogP contribution is 2.23. The van der Waals surface area contributed by atoms with Crippen molar-refractivity contribution in [2.45, 2.75) is 6.42 Å². The molecule has 4 nitrogen and oxygen atoms in total. The van der Waals surface area contributed by atoms with Crippen LogP contribution in [0.4, 0.5) is 5.69 Å². The predicted molar refractivity (Wildman–Crippen MR) is 70.8 cm³/mol. The molecule has 0 atom stereocenters. The molecule has 0 fully saturated rings. The first-order valence-corrected chi connectivity index (χ1v) is 5.99. The monoisotopic (exact) mass is 295 g/mol. The van der Waals surface area contributed by atoms with Crippen LogP contribution in [0.1, 0.15) is 12.0 Å². The average Bonchev–Trinajstić information content (AvgIpc) is 2.35. The highest BCUT2D eigenvalue weighted by molar-refractivity contribution is 9.10. The average molecular weight is 296 g/mol. The van der Waals surface area contributed by atoms with Crippen LogP contribution in [0, 0.1) is 11.3 Å². The molecule has 0 aliphatic heterocycles. The maximum Gasteiger partial charge on any atom is 0.221 e. The molecule has 0 saturated carbocycles. The Kier molecular flexibility index (Phi) is 4.98. The van der Waals surface area contributed by atoms with Crippen LogP contribution in [0.2, 0.25) is 0 Å². The highest BCUT2D eigenvalue weighted by atomic mass is 79.9. The molecular weight excluding hydrogens is 282 g/mol. The van der Waals surface area contributed by atoms with Crippen LogP contribution in [-0.2, 0) is 4.79 Å². The summed E-state index contributed by atoms with van der Waals surface area (Å²) in [5.74, 6) is 0.0181. The number of rotatable bonds is 4. The quantitative estimate of drug-likeness (QED) is 0.923. The Morgan fingerprint density at radius 3 is 2.82 bits per heavy atom. The zero-order valence-corrected chi connectivity index (χ0v) is 11.4. The van der Waals surface area contributed by atoms with Gasteiger partial charge < -0.3 is 10.2 Å². The zero-order valence-electron chi connectivity index (χ0n) is 9.83. The molecule has 0 spiro atoms. The van der Waals surface area contributed by atoms with Crippen LogP contribution < -0.4 is 10.2 Å². The summed E-state index contributed by atoms with van der Waals surface area (Å²) in [6.45, 7) is 0.637. The second-order valence-electron chi connectivity index (χ2n) is 3.62. The third kappa shape index (κ3) is 3.75. The van der Waals surface area contributed by atoms with E-state index < -0.39 is 0 Å². The molecule has 1 rings (SSSR count). The van der Waals surface area contributed by atoms with Gasteiger partial charge >= 0.3 is 0 Å². The Hall–Kier alpha value is -1.54. The van der Waals surface area contributed by atoms with E-state index in [1.807, 2.05) is 24.1 Å². The van der Waals surface area contributed by atoms with Crippen LogP contribution in [0.5, 0.6) is 0 Å². The highest BCUT2D eigenvalue weighted by Gasteiger charge is 2.06. The molecule has 0 radical (unpaired) electrons. The fourth-order valence-corrected chi connectivity index (χ4v) is 1.81. The molecule has 1 aromatic carbocycles. The van der Waals surface area contributed by atoms with E-state index in [1.54, 1.807) is 13.1 Å². The van der Waals surface area contributed by atoms with Gasteiger partial charge in [0.1, 0.15) is 6.07 Å². The fourth-order valence-electron chi connectivity index (χ4n) is 1.36. The molecule has 1 aromatic rings. The molecule has 0 saturated heterocycles. The fraction of sp³-hybridized carbons (Fsp3) is 0.333. The maximum atomic E-state index is 11.1. The van der Waals surface area contributed by atoms with Crippen molar-refractivity contribution in [2.24, 2.45) is 0 Å². The van der Waals surface area contributed by atoms with E-state index in [1.165, 1.54) is 0 Å². The van der Waals surface area contributed by atoms with Gasteiger partial charge in [0, 0.05) is 37.2 Å². The van der Waals surface area contributed by atoms with Crippen LogP contribution in [0.25, 0.3) is 0 Å². The standard InChI is InChI=1S/C12H14BrN3O/c1-15-12(17)5-6-16(2)10-4-3-9(8-14)11(13)7-10/h3-4,7H,5-6H2,1-2H3,(H,15,17). The first kappa shape index (κ1) is 13.5. The number of hydrogen-bond acceptors (Lipinski definition) is 3. The molecule has 0 aliphatic carbocycles. The molecule has 1 amide bonds. The predicted octanol–water partition coefficient (Wildman–Crippen LogP) is 1.89. The summed E-state index contributed by atoms with van der Waals surface area (Å²) in [6.07, 6.45) is 0.449. The lowest BCUT2D eigenvalue weighted by Crippen LogP contribution is -2.26. The molecule has 17 heavy (non-hydrogen) atoms. The molecule has 0 bridgehead atoms. The van der Waals surface area contributed by atoms with Gasteiger partial charge in [-0.2, -0.15) is 5.26 Å². The number of carbonyl (C=O) groups is 1. The number of benzene rings is 1. The van der Waals surface area contributed by atoms with Gasteiger partial charge in [-0.05, 0) is 34.1 Å². The molecule has 0 heterocycles. The summed E-state index contributed by atoms with van der Waals surface area (Å²) in [5, 5.41) is 11.4. The number of amides is 1. The molecular formula is C12H14BrN3O. The van der Waals surface area contributed by atoms with Gasteiger partial charge in [-0.15, -0.1) is 0 Å². The van der Waals surface area contributed by atoms with Crippen molar-refractivity contribution in [3.05, 3.63) is 28.2 Å². The van der Waals surface area contributed by atoms with Gasteiger partial charge in [0.2, 0.25) is 5.91 Å². The van der Waals surface area contributed by atoms with Gasteiger partial charge in [0.05, 0.1) is 5.56 Å². The number of anilines is 1. The van der Waals surface area contributed by atoms with Crippen molar-refractivity contribution in [2.75, 3.05) is 25.5 Å². The van der Waals surface area contributed by atoms with E-state index >= 15 is 0 Å². The summed E-state index contributed by atoms with van der Waals surface area (Å²) in [5.41, 5.74) is 1.58. The lowest BCUT2D eigenvalue weighted by molar-refractivity contribution is -0.120. The van der Waals surface area contributed by atoms with Crippen LogP contribution in [-0.4, -0.2) is 26.5 Å². The van der Waals surface area contributed by atoms with Crippen molar-refractivity contribution in [3.8, 4) is 6.07 Å². The molecule has 0 aliphatic rings. The van der Waals surface area contributed by atoms with Crippen molar-refractivity contribution in [3.63, 3.8) is 0 Å². The lowest BCUT2D eigenvalue weighted by atomic mass is 10.2. The summed E-state index contributed by atoms with van der Waals surface area (Å²) < 4.78 is 0.768. The zero-order chi connectivity index (χ0) is 12.8. The van der Waals surface area contributed by atoms with E-state index in [0.29, 0.717) is 18.5 Å². The molecule has 0 unspecified atom stereocenters. The minimum absolute atomic E-state index is 0.0181. The van der Waals surface area contributed by atoms with Crippen LogP contribution in [0.3, 0.4) is 0 Å². The third-order valence-electron chi connectivity index (χ3n) is 2.47. The number of hydrogen-bond donors (Lipinski definition) is 1. The topological polar surface area (TPSA) is 56.1 Å². The maximum absolute atomic E-state index is 11.1. The van der Waals surface area contributed by atoms with Gasteiger partial charge in [0.15, 0.2) is 0 Å². The SMILES string of the molecule is CNC(=O)CCN(C)c1ccc(C#N)c(Br)c1. The van der Waals surface area contributed by atoms with Gasteiger partial charge in [-0.1, -0.05) is 0 Å². The second-order valence-corrected chi connectivity index (χ2v) is 4.48. The minimum Gasteiger partial charge on any atom is -0.374 e. The summed E-state index contributed by atoms with van der Waals surface area (Å²) in [4.78, 5) is 13.1. The van der Waals surface area contributed by atoms with Gasteiger partial charge in [-0.3, -0.25) is 4.79 Å². The van der Waals surface area contributed by atoms with Gasteiger partial charge in [0.25, 0.3) is 0 Å². The lowest BCUT2D eigenvalue weighted by Gasteiger charge is -2.19.